The van der Waals surface area contributed by atoms with Crippen LogP contribution in [0.2, 0.25) is 0 Å². The van der Waals surface area contributed by atoms with Crippen LogP contribution in [0.25, 0.3) is 0 Å². The normalized spacial score (nSPS) is 24.0. The van der Waals surface area contributed by atoms with Gasteiger partial charge < -0.3 is 4.74 Å². The van der Waals surface area contributed by atoms with Gasteiger partial charge >= 0.3 is 0 Å². The van der Waals surface area contributed by atoms with Gasteiger partial charge in [-0.1, -0.05) is 6.07 Å². The van der Waals surface area contributed by atoms with Gasteiger partial charge in [-0.3, -0.25) is 9.88 Å². The summed E-state index contributed by atoms with van der Waals surface area (Å²) in [5.41, 5.74) is 2.13. The molecule has 1 atom stereocenters. The lowest BCUT2D eigenvalue weighted by Crippen LogP contribution is -2.64. The number of hydrogen-bond acceptors (Lipinski definition) is 5. The summed E-state index contributed by atoms with van der Waals surface area (Å²) < 4.78 is 31.8. The fourth-order valence-corrected chi connectivity index (χ4v) is 4.17. The van der Waals surface area contributed by atoms with Crippen molar-refractivity contribution < 1.29 is 13.2 Å². The van der Waals surface area contributed by atoms with Gasteiger partial charge in [0.25, 0.3) is 0 Å². The van der Waals surface area contributed by atoms with Crippen molar-refractivity contribution in [2.24, 2.45) is 5.92 Å². The van der Waals surface area contributed by atoms with Crippen LogP contribution < -0.4 is 4.72 Å². The van der Waals surface area contributed by atoms with E-state index in [2.05, 4.69) is 20.7 Å². The van der Waals surface area contributed by atoms with Crippen molar-refractivity contribution in [2.75, 3.05) is 32.0 Å². The molecule has 24 heavy (non-hydrogen) atoms. The molecule has 0 amide bonds. The molecule has 1 unspecified atom stereocenters. The number of nitrogens with one attached hydrogen (secondary N) is 1. The SMILES string of the molecule is CCS(=O)(=O)NCC1CCC2(CN(Cc3cccc(C)n3)C2)OC1. The highest BCUT2D eigenvalue weighted by Crippen LogP contribution is 2.36. The largest absolute Gasteiger partial charge is 0.372 e. The van der Waals surface area contributed by atoms with E-state index in [4.69, 9.17) is 4.74 Å². The Bertz CT molecular complexity index is 661. The third kappa shape index (κ3) is 4.33. The molecule has 7 heteroatoms. The van der Waals surface area contributed by atoms with E-state index in [1.54, 1.807) is 6.92 Å². The smallest absolute Gasteiger partial charge is 0.211 e. The van der Waals surface area contributed by atoms with E-state index in [0.29, 0.717) is 13.2 Å². The van der Waals surface area contributed by atoms with Crippen LogP contribution in [0.4, 0.5) is 0 Å². The van der Waals surface area contributed by atoms with Crippen molar-refractivity contribution >= 4 is 10.0 Å². The minimum atomic E-state index is -3.11. The summed E-state index contributed by atoms with van der Waals surface area (Å²) in [5.74, 6) is 0.413. The first-order chi connectivity index (χ1) is 11.4. The highest BCUT2D eigenvalue weighted by molar-refractivity contribution is 7.89. The first kappa shape index (κ1) is 17.8. The Morgan fingerprint density at radius 3 is 2.83 bits per heavy atom. The topological polar surface area (TPSA) is 71.5 Å². The molecule has 3 heterocycles. The third-order valence-corrected chi connectivity index (χ3v) is 6.33. The minimum Gasteiger partial charge on any atom is -0.372 e. The van der Waals surface area contributed by atoms with E-state index in [1.807, 2.05) is 19.1 Å². The Morgan fingerprint density at radius 1 is 1.42 bits per heavy atom. The number of aryl methyl sites for hydroxylation is 1. The van der Waals surface area contributed by atoms with Crippen LogP contribution in [0, 0.1) is 12.8 Å². The zero-order chi connectivity index (χ0) is 17.2. The molecule has 2 aliphatic rings. The van der Waals surface area contributed by atoms with Gasteiger partial charge in [0.1, 0.15) is 0 Å². The van der Waals surface area contributed by atoms with E-state index in [-0.39, 0.29) is 17.3 Å². The fourth-order valence-electron chi connectivity index (χ4n) is 3.47. The Kier molecular flexibility index (Phi) is 5.24. The molecule has 134 valence electrons. The molecule has 2 saturated heterocycles. The van der Waals surface area contributed by atoms with Crippen molar-refractivity contribution in [1.82, 2.24) is 14.6 Å². The monoisotopic (exact) mass is 353 g/mol. The zero-order valence-corrected chi connectivity index (χ0v) is 15.3. The Hall–Kier alpha value is -1.02. The predicted molar refractivity (Wildman–Crippen MR) is 93.1 cm³/mol. The molecular weight excluding hydrogens is 326 g/mol. The van der Waals surface area contributed by atoms with Gasteiger partial charge in [0.2, 0.25) is 10.0 Å². The number of aromatic nitrogens is 1. The third-order valence-electron chi connectivity index (χ3n) is 4.96. The van der Waals surface area contributed by atoms with Gasteiger partial charge in [-0.05, 0) is 44.7 Å². The first-order valence-corrected chi connectivity index (χ1v) is 10.3. The number of likely N-dealkylation sites (tertiary alicyclic amines) is 1. The summed E-state index contributed by atoms with van der Waals surface area (Å²) in [6, 6.07) is 6.13. The molecule has 0 saturated carbocycles. The number of ether oxygens (including phenoxy) is 1. The standard InChI is InChI=1S/C17H27N3O3S/c1-3-24(21,22)18-9-15-7-8-17(23-11-15)12-20(13-17)10-16-6-4-5-14(2)19-16/h4-6,15,18H,3,7-13H2,1-2H3. The lowest BCUT2D eigenvalue weighted by atomic mass is 9.83. The van der Waals surface area contributed by atoms with E-state index in [0.717, 1.165) is 43.9 Å². The second-order valence-electron chi connectivity index (χ2n) is 7.07. The second-order valence-corrected chi connectivity index (χ2v) is 9.16. The molecular formula is C17H27N3O3S. The highest BCUT2D eigenvalue weighted by atomic mass is 32.2. The van der Waals surface area contributed by atoms with Crippen LogP contribution in [0.1, 0.15) is 31.2 Å². The molecule has 1 spiro atoms. The van der Waals surface area contributed by atoms with Gasteiger partial charge in [-0.2, -0.15) is 0 Å². The summed E-state index contributed by atoms with van der Waals surface area (Å²) in [4.78, 5) is 6.91. The summed E-state index contributed by atoms with van der Waals surface area (Å²) >= 11 is 0. The van der Waals surface area contributed by atoms with E-state index >= 15 is 0 Å². The minimum absolute atomic E-state index is 0.0239. The molecule has 2 fully saturated rings. The molecule has 0 aromatic carbocycles. The van der Waals surface area contributed by atoms with Crippen LogP contribution in [0.15, 0.2) is 18.2 Å². The predicted octanol–water partition coefficient (Wildman–Crippen LogP) is 1.31. The molecule has 6 nitrogen and oxygen atoms in total. The Balaban J connectivity index is 1.42. The van der Waals surface area contributed by atoms with Gasteiger partial charge in [-0.15, -0.1) is 0 Å². The number of nitrogens with zero attached hydrogens (tertiary/aromatic N) is 2. The maximum Gasteiger partial charge on any atom is 0.211 e. The molecule has 3 rings (SSSR count). The molecule has 0 bridgehead atoms. The van der Waals surface area contributed by atoms with Crippen molar-refractivity contribution in [3.8, 4) is 0 Å². The summed E-state index contributed by atoms with van der Waals surface area (Å²) in [7, 11) is -3.11. The van der Waals surface area contributed by atoms with Crippen LogP contribution >= 0.6 is 0 Å². The van der Waals surface area contributed by atoms with E-state index in [9.17, 15) is 8.42 Å². The number of rotatable bonds is 6. The van der Waals surface area contributed by atoms with Gasteiger partial charge in [-0.25, -0.2) is 13.1 Å². The average molecular weight is 353 g/mol. The van der Waals surface area contributed by atoms with Crippen molar-refractivity contribution in [3.05, 3.63) is 29.6 Å². The highest BCUT2D eigenvalue weighted by Gasteiger charge is 2.46. The second kappa shape index (κ2) is 7.07. The van der Waals surface area contributed by atoms with E-state index in [1.165, 1.54) is 0 Å². The van der Waals surface area contributed by atoms with Crippen molar-refractivity contribution in [2.45, 2.75) is 38.8 Å². The maximum absolute atomic E-state index is 11.5. The molecule has 0 aliphatic carbocycles. The molecule has 1 aromatic rings. The van der Waals surface area contributed by atoms with Crippen LogP contribution in [-0.4, -0.2) is 55.9 Å². The first-order valence-electron chi connectivity index (χ1n) is 8.66. The number of hydrogen-bond donors (Lipinski definition) is 1. The Morgan fingerprint density at radius 2 is 2.21 bits per heavy atom. The number of pyridine rings is 1. The molecule has 1 N–H and O–H groups in total. The lowest BCUT2D eigenvalue weighted by molar-refractivity contribution is -0.181. The molecule has 0 radical (unpaired) electrons. The lowest BCUT2D eigenvalue weighted by Gasteiger charge is -2.52. The van der Waals surface area contributed by atoms with Gasteiger partial charge in [0.05, 0.1) is 23.7 Å². The summed E-state index contributed by atoms with van der Waals surface area (Å²) in [6.07, 6.45) is 2.02. The zero-order valence-electron chi connectivity index (χ0n) is 14.5. The van der Waals surface area contributed by atoms with E-state index < -0.39 is 10.0 Å². The number of sulfonamides is 1. The average Bonchev–Trinajstić information content (AvgIpc) is 2.53. The fraction of sp³-hybridized carbons (Fsp3) is 0.706. The maximum atomic E-state index is 11.5. The summed E-state index contributed by atoms with van der Waals surface area (Å²) in [6.45, 7) is 7.55. The molecule has 1 aromatic heterocycles. The van der Waals surface area contributed by atoms with Crippen LogP contribution in [0.3, 0.4) is 0 Å². The van der Waals surface area contributed by atoms with Gasteiger partial charge in [0, 0.05) is 31.9 Å². The molecule has 2 aliphatic heterocycles. The quantitative estimate of drug-likeness (QED) is 0.835. The summed E-state index contributed by atoms with van der Waals surface area (Å²) in [5, 5.41) is 0. The van der Waals surface area contributed by atoms with Crippen molar-refractivity contribution in [1.29, 1.82) is 0 Å². The van der Waals surface area contributed by atoms with Crippen LogP contribution in [0.5, 0.6) is 0 Å². The Labute approximate surface area is 144 Å². The van der Waals surface area contributed by atoms with Crippen molar-refractivity contribution in [3.63, 3.8) is 0 Å². The van der Waals surface area contributed by atoms with Gasteiger partial charge in [0.15, 0.2) is 0 Å². The van der Waals surface area contributed by atoms with Crippen LogP contribution in [-0.2, 0) is 21.3 Å².